The molecule has 1 fully saturated rings. The van der Waals surface area contributed by atoms with Gasteiger partial charge in [0.15, 0.2) is 0 Å². The topological polar surface area (TPSA) is 7.60 Å². The highest BCUT2D eigenvalue weighted by molar-refractivity contribution is 5.14. The van der Waals surface area contributed by atoms with Crippen LogP contribution >= 0.6 is 0 Å². The number of likely N-dealkylation sites (tertiary alicyclic amines) is 1. The summed E-state index contributed by atoms with van der Waals surface area (Å²) < 4.78 is 0. The Morgan fingerprint density at radius 3 is 2.47 bits per heavy atom. The Morgan fingerprint density at radius 2 is 1.87 bits per heavy atom. The highest BCUT2D eigenvalue weighted by atomic mass is 15.1. The summed E-state index contributed by atoms with van der Waals surface area (Å²) in [6.07, 6.45) is 2.08. The van der Waals surface area contributed by atoms with Crippen molar-refractivity contribution in [1.29, 1.82) is 0 Å². The second-order valence-electron chi connectivity index (χ2n) is 4.12. The van der Waals surface area contributed by atoms with Crippen LogP contribution in [0.5, 0.6) is 0 Å². The first-order chi connectivity index (χ1) is 7.38. The Bertz CT molecular complexity index is 331. The zero-order valence-electron chi connectivity index (χ0n) is 8.89. The van der Waals surface area contributed by atoms with Crippen LogP contribution in [0.1, 0.15) is 18.4 Å². The third-order valence-corrected chi connectivity index (χ3v) is 2.99. The lowest BCUT2D eigenvalue weighted by atomic mass is 10.1. The van der Waals surface area contributed by atoms with Gasteiger partial charge in [0.05, 0.1) is 0 Å². The number of hydrogen-bond donors (Lipinski definition) is 0. The van der Waals surface area contributed by atoms with E-state index in [0.29, 0.717) is 0 Å². The maximum Gasteiger partial charge on any atom is 0.226 e. The van der Waals surface area contributed by atoms with Crippen molar-refractivity contribution in [3.05, 3.63) is 47.3 Å². The Morgan fingerprint density at radius 1 is 1.20 bits per heavy atom. The minimum Gasteiger partial charge on any atom is -0.314 e. The maximum absolute atomic E-state index is 6.99. The molecule has 0 spiro atoms. The van der Waals surface area contributed by atoms with E-state index in [0.717, 1.165) is 32.5 Å². The van der Waals surface area contributed by atoms with Crippen LogP contribution in [0, 0.1) is 6.57 Å². The molecule has 2 heteroatoms. The van der Waals surface area contributed by atoms with Gasteiger partial charge in [0.25, 0.3) is 0 Å². The lowest BCUT2D eigenvalue weighted by Gasteiger charge is -2.26. The Balaban J connectivity index is 1.85. The average Bonchev–Trinajstić information content (AvgIpc) is 2.31. The number of rotatable bonds is 2. The second-order valence-corrected chi connectivity index (χ2v) is 4.12. The van der Waals surface area contributed by atoms with E-state index in [9.17, 15) is 0 Å². The summed E-state index contributed by atoms with van der Waals surface area (Å²) in [5.74, 6) is 0. The van der Waals surface area contributed by atoms with Crippen LogP contribution in [0.2, 0.25) is 0 Å². The summed E-state index contributed by atoms with van der Waals surface area (Å²) in [5, 5.41) is 0. The fourth-order valence-corrected chi connectivity index (χ4v) is 2.05. The van der Waals surface area contributed by atoms with E-state index in [4.69, 9.17) is 6.57 Å². The molecule has 0 saturated carbocycles. The van der Waals surface area contributed by atoms with Gasteiger partial charge in [-0.25, -0.2) is 6.57 Å². The molecule has 1 aromatic carbocycles. The van der Waals surface area contributed by atoms with Crippen LogP contribution in [-0.2, 0) is 6.54 Å². The molecule has 0 bridgehead atoms. The number of piperidine rings is 1. The van der Waals surface area contributed by atoms with E-state index >= 15 is 0 Å². The first kappa shape index (κ1) is 10.2. The Kier molecular flexibility index (Phi) is 3.37. The summed E-state index contributed by atoms with van der Waals surface area (Å²) in [7, 11) is 0. The van der Waals surface area contributed by atoms with Crippen molar-refractivity contribution in [1.82, 2.24) is 4.90 Å². The van der Waals surface area contributed by atoms with Crippen molar-refractivity contribution < 1.29 is 0 Å². The zero-order valence-corrected chi connectivity index (χ0v) is 8.89. The molecule has 15 heavy (non-hydrogen) atoms. The van der Waals surface area contributed by atoms with Crippen molar-refractivity contribution in [2.24, 2.45) is 0 Å². The van der Waals surface area contributed by atoms with Crippen molar-refractivity contribution in [3.8, 4) is 0 Å². The molecular weight excluding hydrogens is 184 g/mol. The lowest BCUT2D eigenvalue weighted by Crippen LogP contribution is -2.34. The highest BCUT2D eigenvalue weighted by Crippen LogP contribution is 2.15. The Labute approximate surface area is 91.3 Å². The quantitative estimate of drug-likeness (QED) is 0.666. The third kappa shape index (κ3) is 2.81. The molecule has 78 valence electrons. The standard InChI is InChI=1S/C13H16N2/c1-14-13-7-9-15(10-8-13)11-12-5-3-2-4-6-12/h2-6,13H,7-11H2. The van der Waals surface area contributed by atoms with Crippen molar-refractivity contribution in [2.75, 3.05) is 13.1 Å². The van der Waals surface area contributed by atoms with Gasteiger partial charge in [0.2, 0.25) is 6.04 Å². The molecule has 2 rings (SSSR count). The van der Waals surface area contributed by atoms with Crippen LogP contribution in [0.3, 0.4) is 0 Å². The van der Waals surface area contributed by atoms with Crippen molar-refractivity contribution in [2.45, 2.75) is 25.4 Å². The molecule has 0 N–H and O–H groups in total. The van der Waals surface area contributed by atoms with Gasteiger partial charge in [-0.1, -0.05) is 30.3 Å². The van der Waals surface area contributed by atoms with Crippen LogP contribution in [0.15, 0.2) is 30.3 Å². The van der Waals surface area contributed by atoms with Gasteiger partial charge in [-0.2, -0.15) is 0 Å². The first-order valence-corrected chi connectivity index (χ1v) is 5.51. The number of nitrogens with zero attached hydrogens (tertiary/aromatic N) is 2. The summed E-state index contributed by atoms with van der Waals surface area (Å²) in [6.45, 7) is 10.2. The van der Waals surface area contributed by atoms with Gasteiger partial charge in [-0.15, -0.1) is 0 Å². The zero-order chi connectivity index (χ0) is 10.5. The van der Waals surface area contributed by atoms with Gasteiger partial charge in [0, 0.05) is 32.5 Å². The third-order valence-electron chi connectivity index (χ3n) is 2.99. The summed E-state index contributed by atoms with van der Waals surface area (Å²) in [4.78, 5) is 6.05. The molecule has 1 saturated heterocycles. The largest absolute Gasteiger partial charge is 0.314 e. The molecule has 0 unspecified atom stereocenters. The molecule has 1 heterocycles. The summed E-state index contributed by atoms with van der Waals surface area (Å²) >= 11 is 0. The SMILES string of the molecule is [C-]#[N+]C1CCN(Cc2ccccc2)CC1. The first-order valence-electron chi connectivity index (χ1n) is 5.51. The van der Waals surface area contributed by atoms with Crippen molar-refractivity contribution in [3.63, 3.8) is 0 Å². The summed E-state index contributed by atoms with van der Waals surface area (Å²) in [5.41, 5.74) is 1.37. The number of hydrogen-bond acceptors (Lipinski definition) is 1. The second kappa shape index (κ2) is 4.95. The van der Waals surface area contributed by atoms with Crippen molar-refractivity contribution >= 4 is 0 Å². The summed E-state index contributed by atoms with van der Waals surface area (Å²) in [6, 6.07) is 10.8. The lowest BCUT2D eigenvalue weighted by molar-refractivity contribution is 0.215. The van der Waals surface area contributed by atoms with E-state index in [1.807, 2.05) is 0 Å². The molecule has 0 radical (unpaired) electrons. The molecular formula is C13H16N2. The predicted molar refractivity (Wildman–Crippen MR) is 61.3 cm³/mol. The fourth-order valence-electron chi connectivity index (χ4n) is 2.05. The smallest absolute Gasteiger partial charge is 0.226 e. The van der Waals surface area contributed by atoms with Crippen LogP contribution in [0.25, 0.3) is 4.85 Å². The van der Waals surface area contributed by atoms with E-state index < -0.39 is 0 Å². The van der Waals surface area contributed by atoms with E-state index in [2.05, 4.69) is 40.1 Å². The monoisotopic (exact) mass is 200 g/mol. The molecule has 0 atom stereocenters. The number of benzene rings is 1. The van der Waals surface area contributed by atoms with Crippen LogP contribution in [-0.4, -0.2) is 24.0 Å². The average molecular weight is 200 g/mol. The van der Waals surface area contributed by atoms with E-state index in [1.54, 1.807) is 0 Å². The highest BCUT2D eigenvalue weighted by Gasteiger charge is 2.21. The fraction of sp³-hybridized carbons (Fsp3) is 0.462. The van der Waals surface area contributed by atoms with E-state index in [-0.39, 0.29) is 6.04 Å². The molecule has 0 aromatic heterocycles. The maximum atomic E-state index is 6.99. The minimum absolute atomic E-state index is 0.275. The molecule has 0 amide bonds. The normalized spacial score (nSPS) is 18.6. The van der Waals surface area contributed by atoms with Gasteiger partial charge < -0.3 is 4.85 Å². The van der Waals surface area contributed by atoms with E-state index in [1.165, 1.54) is 5.56 Å². The molecule has 1 aliphatic heterocycles. The molecule has 1 aromatic rings. The predicted octanol–water partition coefficient (Wildman–Crippen LogP) is 2.57. The molecule has 1 aliphatic rings. The van der Waals surface area contributed by atoms with Gasteiger partial charge >= 0.3 is 0 Å². The Hall–Kier alpha value is -1.33. The van der Waals surface area contributed by atoms with Gasteiger partial charge in [-0.05, 0) is 5.56 Å². The van der Waals surface area contributed by atoms with Crippen LogP contribution in [0.4, 0.5) is 0 Å². The molecule has 2 nitrogen and oxygen atoms in total. The van der Waals surface area contributed by atoms with Gasteiger partial charge in [-0.3, -0.25) is 4.90 Å². The van der Waals surface area contributed by atoms with Gasteiger partial charge in [0.1, 0.15) is 0 Å². The minimum atomic E-state index is 0.275. The van der Waals surface area contributed by atoms with Crippen LogP contribution < -0.4 is 0 Å². The molecule has 0 aliphatic carbocycles.